The van der Waals surface area contributed by atoms with E-state index >= 15 is 0 Å². The minimum Gasteiger partial charge on any atom is -0.373 e. The molecule has 0 fully saturated rings. The predicted molar refractivity (Wildman–Crippen MR) is 33.2 cm³/mol. The van der Waals surface area contributed by atoms with Crippen LogP contribution in [0.25, 0.3) is 0 Å². The molecule has 1 atom stereocenters. The number of allylic oxidation sites excluding steroid dienone is 1. The summed E-state index contributed by atoms with van der Waals surface area (Å²) in [6.45, 7) is 0. The number of hydrogen-bond donors (Lipinski definition) is 2. The number of carbonyl (C=O) groups is 1. The average Bonchev–Trinajstić information content (AvgIpc) is 1.82. The van der Waals surface area contributed by atoms with Crippen LogP contribution in [-0.2, 0) is 4.79 Å². The summed E-state index contributed by atoms with van der Waals surface area (Å²) in [6, 6.07) is 0. The Bertz CT molecular complexity index is 112. The highest BCUT2D eigenvalue weighted by molar-refractivity contribution is 5.64. The molecule has 0 aromatic heterocycles. The van der Waals surface area contributed by atoms with E-state index in [1.807, 2.05) is 0 Å². The summed E-state index contributed by atoms with van der Waals surface area (Å²) >= 11 is 0. The fourth-order valence-electron chi connectivity index (χ4n) is 0.280. The predicted octanol–water partition coefficient (Wildman–Crippen LogP) is -1.13. The van der Waals surface area contributed by atoms with Crippen molar-refractivity contribution in [3.8, 4) is 0 Å². The van der Waals surface area contributed by atoms with Gasteiger partial charge in [-0.3, -0.25) is 10.6 Å². The molecule has 4 nitrogen and oxygen atoms in total. The van der Waals surface area contributed by atoms with Crippen molar-refractivity contribution in [3.63, 3.8) is 0 Å². The summed E-state index contributed by atoms with van der Waals surface area (Å²) in [6.07, 6.45) is 2.17. The lowest BCUT2D eigenvalue weighted by atomic mass is 10.4. The van der Waals surface area contributed by atoms with Crippen molar-refractivity contribution in [2.75, 3.05) is 7.05 Å². The third-order valence-corrected chi connectivity index (χ3v) is 0.779. The van der Waals surface area contributed by atoms with E-state index in [1.54, 1.807) is 0 Å². The number of aliphatic hydroxyl groups is 1. The molecule has 0 heterocycles. The van der Waals surface area contributed by atoms with Crippen LogP contribution in [0.5, 0.6) is 0 Å². The Kier molecular flexibility index (Phi) is 3.87. The number of rotatable bonds is 3. The molecule has 0 radical (unpaired) electrons. The van der Waals surface area contributed by atoms with E-state index in [0.29, 0.717) is 6.29 Å². The van der Waals surface area contributed by atoms with Gasteiger partial charge in [0.05, 0.1) is 0 Å². The molecular formula is C5H10N2O2. The molecule has 4 heteroatoms. The normalized spacial score (nSPS) is 14.7. The molecule has 9 heavy (non-hydrogen) atoms. The first-order chi connectivity index (χ1) is 4.18. The maximum absolute atomic E-state index is 9.67. The second kappa shape index (κ2) is 4.20. The summed E-state index contributed by atoms with van der Waals surface area (Å²) in [5.74, 6) is 5.09. The van der Waals surface area contributed by atoms with E-state index in [9.17, 15) is 4.79 Å². The van der Waals surface area contributed by atoms with Crippen molar-refractivity contribution in [2.45, 2.75) is 6.23 Å². The highest BCUT2D eigenvalue weighted by Crippen LogP contribution is 1.84. The zero-order chi connectivity index (χ0) is 7.28. The van der Waals surface area contributed by atoms with Gasteiger partial charge >= 0.3 is 0 Å². The standard InChI is InChI=1S/C5H10N2O2/c1-7(6)5(9)3-2-4-8/h2-5,9H,6H2,1H3/b3-2-. The third-order valence-electron chi connectivity index (χ3n) is 0.779. The topological polar surface area (TPSA) is 66.6 Å². The monoisotopic (exact) mass is 130 g/mol. The van der Waals surface area contributed by atoms with Gasteiger partial charge in [0, 0.05) is 7.05 Å². The largest absolute Gasteiger partial charge is 0.373 e. The summed E-state index contributed by atoms with van der Waals surface area (Å²) in [7, 11) is 1.50. The van der Waals surface area contributed by atoms with Crippen LogP contribution < -0.4 is 5.84 Å². The highest BCUT2D eigenvalue weighted by atomic mass is 16.3. The maximum Gasteiger partial charge on any atom is 0.142 e. The van der Waals surface area contributed by atoms with Gasteiger partial charge < -0.3 is 5.11 Å². The van der Waals surface area contributed by atoms with E-state index in [2.05, 4.69) is 0 Å². The summed E-state index contributed by atoms with van der Waals surface area (Å²) in [5, 5.41) is 9.90. The average molecular weight is 130 g/mol. The van der Waals surface area contributed by atoms with Gasteiger partial charge in [-0.2, -0.15) is 0 Å². The molecule has 0 aromatic rings. The lowest BCUT2D eigenvalue weighted by Crippen LogP contribution is -2.35. The van der Waals surface area contributed by atoms with Crippen LogP contribution in [-0.4, -0.2) is 29.7 Å². The molecule has 1 unspecified atom stereocenters. The number of nitrogens with two attached hydrogens (primary N) is 1. The van der Waals surface area contributed by atoms with Gasteiger partial charge in [0.2, 0.25) is 0 Å². The number of hydrogen-bond acceptors (Lipinski definition) is 4. The van der Waals surface area contributed by atoms with E-state index in [1.165, 1.54) is 19.2 Å². The summed E-state index contributed by atoms with van der Waals surface area (Å²) in [4.78, 5) is 9.67. The molecule has 0 amide bonds. The van der Waals surface area contributed by atoms with Crippen LogP contribution in [0, 0.1) is 0 Å². The molecule has 0 saturated carbocycles. The Morgan fingerprint density at radius 2 is 2.33 bits per heavy atom. The Labute approximate surface area is 53.5 Å². The molecular weight excluding hydrogens is 120 g/mol. The molecule has 0 aliphatic heterocycles. The lowest BCUT2D eigenvalue weighted by Gasteiger charge is -2.12. The second-order valence-electron chi connectivity index (χ2n) is 1.60. The van der Waals surface area contributed by atoms with Gasteiger partial charge in [0.1, 0.15) is 12.5 Å². The van der Waals surface area contributed by atoms with E-state index < -0.39 is 6.23 Å². The number of nitrogens with zero attached hydrogens (tertiary/aromatic N) is 1. The Balaban J connectivity index is 3.61. The van der Waals surface area contributed by atoms with Crippen LogP contribution in [0.2, 0.25) is 0 Å². The van der Waals surface area contributed by atoms with Crippen LogP contribution in [0.15, 0.2) is 12.2 Å². The SMILES string of the molecule is CN(N)C(O)/C=C\C=O. The molecule has 0 spiro atoms. The number of carbonyl (C=O) groups excluding carboxylic acids is 1. The Morgan fingerprint density at radius 1 is 1.78 bits per heavy atom. The van der Waals surface area contributed by atoms with Crippen LogP contribution in [0.3, 0.4) is 0 Å². The van der Waals surface area contributed by atoms with E-state index in [-0.39, 0.29) is 0 Å². The summed E-state index contributed by atoms with van der Waals surface area (Å²) in [5.41, 5.74) is 0. The first-order valence-electron chi connectivity index (χ1n) is 2.46. The quantitative estimate of drug-likeness (QED) is 0.167. The van der Waals surface area contributed by atoms with Crippen molar-refractivity contribution >= 4 is 6.29 Å². The van der Waals surface area contributed by atoms with E-state index in [0.717, 1.165) is 5.01 Å². The van der Waals surface area contributed by atoms with Crippen molar-refractivity contribution in [1.29, 1.82) is 0 Å². The molecule has 0 aliphatic carbocycles. The van der Waals surface area contributed by atoms with Gasteiger partial charge in [-0.05, 0) is 12.2 Å². The van der Waals surface area contributed by atoms with Crippen molar-refractivity contribution in [2.24, 2.45) is 5.84 Å². The molecule has 0 aromatic carbocycles. The Hall–Kier alpha value is -0.710. The fraction of sp³-hybridized carbons (Fsp3) is 0.400. The highest BCUT2D eigenvalue weighted by Gasteiger charge is 1.98. The molecule has 3 N–H and O–H groups in total. The van der Waals surface area contributed by atoms with Crippen molar-refractivity contribution < 1.29 is 9.90 Å². The lowest BCUT2D eigenvalue weighted by molar-refractivity contribution is -0.104. The molecule has 52 valence electrons. The zero-order valence-corrected chi connectivity index (χ0v) is 5.19. The van der Waals surface area contributed by atoms with Crippen LogP contribution >= 0.6 is 0 Å². The molecule has 0 rings (SSSR count). The van der Waals surface area contributed by atoms with Gasteiger partial charge in [0.15, 0.2) is 0 Å². The maximum atomic E-state index is 9.67. The first-order valence-corrected chi connectivity index (χ1v) is 2.46. The van der Waals surface area contributed by atoms with Gasteiger partial charge in [0.25, 0.3) is 0 Å². The van der Waals surface area contributed by atoms with Gasteiger partial charge in [-0.15, -0.1) is 0 Å². The smallest absolute Gasteiger partial charge is 0.142 e. The van der Waals surface area contributed by atoms with Crippen LogP contribution in [0.4, 0.5) is 0 Å². The van der Waals surface area contributed by atoms with Crippen LogP contribution in [0.1, 0.15) is 0 Å². The molecule has 0 bridgehead atoms. The van der Waals surface area contributed by atoms with Gasteiger partial charge in [-0.1, -0.05) is 0 Å². The third kappa shape index (κ3) is 3.84. The second-order valence-corrected chi connectivity index (χ2v) is 1.60. The first kappa shape index (κ1) is 8.29. The number of aliphatic hydroxyl groups excluding tert-OH is 1. The number of aldehydes is 1. The number of likely N-dealkylation sites (N-methyl/N-ethyl adjacent to an activating group) is 1. The Morgan fingerprint density at radius 3 is 2.67 bits per heavy atom. The molecule has 0 saturated heterocycles. The summed E-state index contributed by atoms with van der Waals surface area (Å²) < 4.78 is 0. The fourth-order valence-corrected chi connectivity index (χ4v) is 0.280. The molecule has 0 aliphatic rings. The minimum atomic E-state index is -0.879. The van der Waals surface area contributed by atoms with Crippen molar-refractivity contribution in [3.05, 3.63) is 12.2 Å². The van der Waals surface area contributed by atoms with Crippen molar-refractivity contribution in [1.82, 2.24) is 5.01 Å². The zero-order valence-electron chi connectivity index (χ0n) is 5.19. The van der Waals surface area contributed by atoms with E-state index in [4.69, 9.17) is 10.9 Å². The minimum absolute atomic E-state index is 0.576. The number of hydrazine groups is 1. The van der Waals surface area contributed by atoms with Gasteiger partial charge in [-0.25, -0.2) is 5.01 Å².